The fraction of sp³-hybridized carbons (Fsp3) is 1.00. The Balaban J connectivity index is 1.87. The summed E-state index contributed by atoms with van der Waals surface area (Å²) in [5, 5.41) is 3.33. The summed E-state index contributed by atoms with van der Waals surface area (Å²) in [5.74, 6) is 0.617. The van der Waals surface area contributed by atoms with Gasteiger partial charge in [-0.15, -0.1) is 0 Å². The van der Waals surface area contributed by atoms with Crippen molar-refractivity contribution in [3.63, 3.8) is 0 Å². The first-order valence-electron chi connectivity index (χ1n) is 5.69. The highest BCUT2D eigenvalue weighted by atomic mass is 16.5. The number of piperidine rings is 1. The van der Waals surface area contributed by atoms with Crippen LogP contribution in [-0.4, -0.2) is 39.0 Å². The Morgan fingerprint density at radius 2 is 2.21 bits per heavy atom. The molecule has 1 saturated heterocycles. The van der Waals surface area contributed by atoms with Gasteiger partial charge in [0.15, 0.2) is 0 Å². The molecule has 1 aliphatic heterocycles. The Kier molecular flexibility index (Phi) is 6.15. The first-order valence-corrected chi connectivity index (χ1v) is 5.69. The van der Waals surface area contributed by atoms with Crippen LogP contribution in [-0.2, 0) is 9.47 Å². The lowest BCUT2D eigenvalue weighted by molar-refractivity contribution is -0.00889. The number of ether oxygens (including phenoxy) is 2. The molecule has 3 heteroatoms. The highest BCUT2D eigenvalue weighted by Gasteiger charge is 2.12. The summed E-state index contributed by atoms with van der Waals surface area (Å²) in [6.45, 7) is 8.77. The van der Waals surface area contributed by atoms with Crippen LogP contribution in [0.3, 0.4) is 0 Å². The van der Waals surface area contributed by atoms with Gasteiger partial charge in [0.1, 0.15) is 0 Å². The maximum absolute atomic E-state index is 5.68. The van der Waals surface area contributed by atoms with Crippen LogP contribution < -0.4 is 5.32 Å². The van der Waals surface area contributed by atoms with Crippen molar-refractivity contribution in [1.29, 1.82) is 0 Å². The molecule has 0 aromatic carbocycles. The second-order valence-electron chi connectivity index (χ2n) is 4.31. The first kappa shape index (κ1) is 12.0. The summed E-state index contributed by atoms with van der Waals surface area (Å²) >= 11 is 0. The van der Waals surface area contributed by atoms with Gasteiger partial charge in [0.25, 0.3) is 0 Å². The fourth-order valence-corrected chi connectivity index (χ4v) is 1.55. The second kappa shape index (κ2) is 7.21. The zero-order valence-corrected chi connectivity index (χ0v) is 9.42. The predicted octanol–water partition coefficient (Wildman–Crippen LogP) is 1.43. The minimum absolute atomic E-state index is 0.409. The normalized spacial score (nSPS) is 22.9. The van der Waals surface area contributed by atoms with E-state index in [9.17, 15) is 0 Å². The molecule has 3 nitrogen and oxygen atoms in total. The van der Waals surface area contributed by atoms with Crippen LogP contribution in [0.2, 0.25) is 0 Å². The molecule has 0 bridgehead atoms. The lowest BCUT2D eigenvalue weighted by Crippen LogP contribution is -2.35. The molecule has 84 valence electrons. The van der Waals surface area contributed by atoms with E-state index in [4.69, 9.17) is 9.47 Å². The molecule has 1 heterocycles. The van der Waals surface area contributed by atoms with Crippen molar-refractivity contribution in [2.75, 3.05) is 32.9 Å². The molecule has 0 aromatic heterocycles. The van der Waals surface area contributed by atoms with E-state index in [2.05, 4.69) is 19.2 Å². The average Bonchev–Trinajstić information content (AvgIpc) is 2.18. The third-order valence-corrected chi connectivity index (χ3v) is 2.28. The zero-order chi connectivity index (χ0) is 10.2. The van der Waals surface area contributed by atoms with E-state index in [1.54, 1.807) is 0 Å². The summed E-state index contributed by atoms with van der Waals surface area (Å²) in [6.07, 6.45) is 2.83. The highest BCUT2D eigenvalue weighted by molar-refractivity contribution is 4.68. The molecule has 1 aliphatic rings. The maximum Gasteiger partial charge on any atom is 0.0704 e. The van der Waals surface area contributed by atoms with Gasteiger partial charge in [0.2, 0.25) is 0 Å². The Morgan fingerprint density at radius 1 is 1.36 bits per heavy atom. The summed E-state index contributed by atoms with van der Waals surface area (Å²) in [5.41, 5.74) is 0. The van der Waals surface area contributed by atoms with Gasteiger partial charge in [-0.25, -0.2) is 0 Å². The molecule has 14 heavy (non-hydrogen) atoms. The molecular formula is C11H23NO2. The van der Waals surface area contributed by atoms with Gasteiger partial charge in [-0.3, -0.25) is 0 Å². The smallest absolute Gasteiger partial charge is 0.0704 e. The minimum atomic E-state index is 0.409. The van der Waals surface area contributed by atoms with E-state index in [-0.39, 0.29) is 0 Å². The van der Waals surface area contributed by atoms with E-state index >= 15 is 0 Å². The summed E-state index contributed by atoms with van der Waals surface area (Å²) in [7, 11) is 0. The van der Waals surface area contributed by atoms with E-state index in [0.717, 1.165) is 32.9 Å². The standard InChI is InChI=1S/C11H23NO2/c1-10(2)9-13-6-7-14-11-4-3-5-12-8-11/h10-12H,3-9H2,1-2H3/t11-/m0/s1. The molecule has 0 amide bonds. The lowest BCUT2D eigenvalue weighted by atomic mass is 10.1. The first-order chi connectivity index (χ1) is 6.79. The van der Waals surface area contributed by atoms with Gasteiger partial charge in [-0.1, -0.05) is 13.8 Å². The van der Waals surface area contributed by atoms with E-state index < -0.39 is 0 Å². The van der Waals surface area contributed by atoms with Crippen molar-refractivity contribution in [2.45, 2.75) is 32.8 Å². The van der Waals surface area contributed by atoms with E-state index in [1.807, 2.05) is 0 Å². The average molecular weight is 201 g/mol. The van der Waals surface area contributed by atoms with Gasteiger partial charge in [-0.2, -0.15) is 0 Å². The highest BCUT2D eigenvalue weighted by Crippen LogP contribution is 2.05. The Bertz CT molecular complexity index is 133. The zero-order valence-electron chi connectivity index (χ0n) is 9.42. The molecule has 0 unspecified atom stereocenters. The van der Waals surface area contributed by atoms with E-state index in [1.165, 1.54) is 12.8 Å². The van der Waals surface area contributed by atoms with Crippen molar-refractivity contribution in [2.24, 2.45) is 5.92 Å². The molecular weight excluding hydrogens is 178 g/mol. The fourth-order valence-electron chi connectivity index (χ4n) is 1.55. The topological polar surface area (TPSA) is 30.5 Å². The maximum atomic E-state index is 5.68. The van der Waals surface area contributed by atoms with Crippen molar-refractivity contribution in [3.05, 3.63) is 0 Å². The van der Waals surface area contributed by atoms with Crippen LogP contribution in [0.25, 0.3) is 0 Å². The third-order valence-electron chi connectivity index (χ3n) is 2.28. The Morgan fingerprint density at radius 3 is 2.86 bits per heavy atom. The summed E-state index contributed by atoms with van der Waals surface area (Å²) in [6, 6.07) is 0. The molecule has 1 rings (SSSR count). The van der Waals surface area contributed by atoms with Gasteiger partial charge in [-0.05, 0) is 25.3 Å². The van der Waals surface area contributed by atoms with Crippen molar-refractivity contribution in [1.82, 2.24) is 5.32 Å². The number of hydrogen-bond acceptors (Lipinski definition) is 3. The largest absolute Gasteiger partial charge is 0.379 e. The van der Waals surface area contributed by atoms with Crippen LogP contribution >= 0.6 is 0 Å². The lowest BCUT2D eigenvalue weighted by Gasteiger charge is -2.23. The van der Waals surface area contributed by atoms with Gasteiger partial charge in [0, 0.05) is 13.2 Å². The van der Waals surface area contributed by atoms with Crippen LogP contribution in [0.4, 0.5) is 0 Å². The Hall–Kier alpha value is -0.120. The van der Waals surface area contributed by atoms with Gasteiger partial charge in [0.05, 0.1) is 19.3 Å². The third kappa shape index (κ3) is 5.58. The molecule has 0 radical (unpaired) electrons. The minimum Gasteiger partial charge on any atom is -0.379 e. The molecule has 1 atom stereocenters. The van der Waals surface area contributed by atoms with Crippen molar-refractivity contribution < 1.29 is 9.47 Å². The SMILES string of the molecule is CC(C)COCCO[C@H]1CCCNC1. The van der Waals surface area contributed by atoms with Crippen LogP contribution in [0.15, 0.2) is 0 Å². The summed E-state index contributed by atoms with van der Waals surface area (Å²) < 4.78 is 11.1. The molecule has 0 spiro atoms. The van der Waals surface area contributed by atoms with Crippen molar-refractivity contribution in [3.8, 4) is 0 Å². The molecule has 0 aliphatic carbocycles. The van der Waals surface area contributed by atoms with E-state index in [0.29, 0.717) is 12.0 Å². The monoisotopic (exact) mass is 201 g/mol. The van der Waals surface area contributed by atoms with Gasteiger partial charge >= 0.3 is 0 Å². The predicted molar refractivity (Wildman–Crippen MR) is 57.5 cm³/mol. The number of nitrogens with one attached hydrogen (secondary N) is 1. The van der Waals surface area contributed by atoms with Crippen LogP contribution in [0.1, 0.15) is 26.7 Å². The summed E-state index contributed by atoms with van der Waals surface area (Å²) in [4.78, 5) is 0. The molecule has 0 saturated carbocycles. The quantitative estimate of drug-likeness (QED) is 0.659. The Labute approximate surface area is 87.2 Å². The molecule has 1 fully saturated rings. The van der Waals surface area contributed by atoms with Crippen LogP contribution in [0.5, 0.6) is 0 Å². The second-order valence-corrected chi connectivity index (χ2v) is 4.31. The number of hydrogen-bond donors (Lipinski definition) is 1. The van der Waals surface area contributed by atoms with Crippen molar-refractivity contribution >= 4 is 0 Å². The van der Waals surface area contributed by atoms with Crippen LogP contribution in [0, 0.1) is 5.92 Å². The van der Waals surface area contributed by atoms with Gasteiger partial charge < -0.3 is 14.8 Å². The number of rotatable bonds is 6. The molecule has 1 N–H and O–H groups in total. The molecule has 0 aromatic rings.